The minimum Gasteiger partial charge on any atom is -0.490 e. The first-order chi connectivity index (χ1) is 13.1. The summed E-state index contributed by atoms with van der Waals surface area (Å²) in [6.45, 7) is 5.05. The van der Waals surface area contributed by atoms with E-state index in [1.165, 1.54) is 7.11 Å². The average molecular weight is 370 g/mol. The Kier molecular flexibility index (Phi) is 4.47. The normalized spacial score (nSPS) is 18.4. The van der Waals surface area contributed by atoms with Crippen LogP contribution in [0.5, 0.6) is 11.5 Å². The smallest absolute Gasteiger partial charge is 0.338 e. The molecule has 142 valence electrons. The first kappa shape index (κ1) is 17.4. The maximum absolute atomic E-state index is 12.6. The molecule has 3 heterocycles. The van der Waals surface area contributed by atoms with Crippen molar-refractivity contribution in [2.45, 2.75) is 32.7 Å². The topological polar surface area (TPSA) is 87.5 Å². The fourth-order valence-corrected chi connectivity index (χ4v) is 3.38. The molecular formula is C19H22N4O4. The van der Waals surface area contributed by atoms with Crippen molar-refractivity contribution >= 4 is 11.9 Å². The van der Waals surface area contributed by atoms with Crippen molar-refractivity contribution in [1.82, 2.24) is 14.8 Å². The van der Waals surface area contributed by atoms with Crippen molar-refractivity contribution < 1.29 is 19.0 Å². The van der Waals surface area contributed by atoms with Crippen LogP contribution in [0.3, 0.4) is 0 Å². The lowest BCUT2D eigenvalue weighted by atomic mass is 9.95. The summed E-state index contributed by atoms with van der Waals surface area (Å²) in [6, 6.07) is 5.25. The molecule has 8 nitrogen and oxygen atoms in total. The van der Waals surface area contributed by atoms with Crippen molar-refractivity contribution in [2.75, 3.05) is 25.6 Å². The number of nitrogens with one attached hydrogen (secondary N) is 1. The van der Waals surface area contributed by atoms with E-state index in [0.29, 0.717) is 54.2 Å². The molecule has 0 bridgehead atoms. The van der Waals surface area contributed by atoms with Crippen molar-refractivity contribution in [3.05, 3.63) is 40.9 Å². The van der Waals surface area contributed by atoms with E-state index >= 15 is 0 Å². The van der Waals surface area contributed by atoms with Crippen LogP contribution in [-0.4, -0.2) is 41.1 Å². The van der Waals surface area contributed by atoms with Gasteiger partial charge in [0, 0.05) is 18.5 Å². The molecule has 2 aromatic rings. The molecule has 0 amide bonds. The third-order valence-electron chi connectivity index (χ3n) is 4.71. The van der Waals surface area contributed by atoms with Gasteiger partial charge in [0.1, 0.15) is 6.04 Å². The Hall–Kier alpha value is -3.03. The molecule has 0 aliphatic carbocycles. The fraction of sp³-hybridized carbons (Fsp3) is 0.421. The van der Waals surface area contributed by atoms with Crippen LogP contribution < -0.4 is 14.8 Å². The minimum atomic E-state index is -0.460. The summed E-state index contributed by atoms with van der Waals surface area (Å²) >= 11 is 0. The summed E-state index contributed by atoms with van der Waals surface area (Å²) in [5.41, 5.74) is 2.04. The maximum Gasteiger partial charge on any atom is 0.338 e. The first-order valence-electron chi connectivity index (χ1n) is 9.03. The number of allylic oxidation sites excluding steroid dienone is 1. The number of carbonyl (C=O) groups is 1. The lowest BCUT2D eigenvalue weighted by Crippen LogP contribution is -2.29. The zero-order valence-electron chi connectivity index (χ0n) is 15.6. The Bertz CT molecular complexity index is 918. The lowest BCUT2D eigenvalue weighted by Gasteiger charge is -2.28. The number of aromatic nitrogens is 3. The number of aryl methyl sites for hydroxylation is 1. The third kappa shape index (κ3) is 3.01. The quantitative estimate of drug-likeness (QED) is 0.831. The fourth-order valence-electron chi connectivity index (χ4n) is 3.38. The van der Waals surface area contributed by atoms with E-state index < -0.39 is 12.0 Å². The number of methoxy groups -OCH3 is 1. The standard InChI is InChI=1S/C19H22N4O4/c1-4-15-21-19-20-11(2)16(18(24)25-3)17(23(19)22-15)12-6-7-13-14(10-12)27-9-5-8-26-13/h6-7,10,17H,4-5,8-9H2,1-3H3,(H,20,21,22). The largest absolute Gasteiger partial charge is 0.490 e. The number of fused-ring (bicyclic) bond motifs is 2. The first-order valence-corrected chi connectivity index (χ1v) is 9.03. The van der Waals surface area contributed by atoms with Gasteiger partial charge in [0.15, 0.2) is 17.3 Å². The van der Waals surface area contributed by atoms with Crippen LogP contribution in [-0.2, 0) is 16.0 Å². The van der Waals surface area contributed by atoms with Crippen molar-refractivity contribution in [3.63, 3.8) is 0 Å². The van der Waals surface area contributed by atoms with E-state index in [1.54, 1.807) is 4.68 Å². The summed E-state index contributed by atoms with van der Waals surface area (Å²) in [5, 5.41) is 7.75. The Labute approximate surface area is 157 Å². The van der Waals surface area contributed by atoms with Gasteiger partial charge in [0.25, 0.3) is 0 Å². The van der Waals surface area contributed by atoms with Crippen molar-refractivity contribution in [3.8, 4) is 11.5 Å². The molecule has 1 aromatic heterocycles. The zero-order valence-corrected chi connectivity index (χ0v) is 15.6. The number of benzene rings is 1. The van der Waals surface area contributed by atoms with Gasteiger partial charge in [-0.2, -0.15) is 10.1 Å². The van der Waals surface area contributed by atoms with Crippen LogP contribution in [0.15, 0.2) is 29.5 Å². The second-order valence-electron chi connectivity index (χ2n) is 6.46. The Morgan fingerprint density at radius 3 is 2.85 bits per heavy atom. The predicted octanol–water partition coefficient (Wildman–Crippen LogP) is 2.46. The molecule has 2 aliphatic heterocycles. The van der Waals surface area contributed by atoms with Gasteiger partial charge < -0.3 is 19.5 Å². The molecule has 8 heteroatoms. The molecule has 0 saturated heterocycles. The number of rotatable bonds is 3. The van der Waals surface area contributed by atoms with E-state index in [4.69, 9.17) is 14.2 Å². The molecule has 0 saturated carbocycles. The predicted molar refractivity (Wildman–Crippen MR) is 97.9 cm³/mol. The molecule has 4 rings (SSSR count). The van der Waals surface area contributed by atoms with E-state index in [9.17, 15) is 4.79 Å². The summed E-state index contributed by atoms with van der Waals surface area (Å²) in [5.74, 6) is 2.28. The van der Waals surface area contributed by atoms with Gasteiger partial charge >= 0.3 is 5.97 Å². The van der Waals surface area contributed by atoms with Gasteiger partial charge in [-0.25, -0.2) is 9.48 Å². The van der Waals surface area contributed by atoms with E-state index in [1.807, 2.05) is 32.0 Å². The molecule has 1 atom stereocenters. The monoisotopic (exact) mass is 370 g/mol. The number of anilines is 1. The van der Waals surface area contributed by atoms with Crippen LogP contribution in [0.4, 0.5) is 5.95 Å². The molecule has 0 radical (unpaired) electrons. The highest BCUT2D eigenvalue weighted by Crippen LogP contribution is 2.39. The van der Waals surface area contributed by atoms with Crippen molar-refractivity contribution in [2.24, 2.45) is 0 Å². The molecule has 1 N–H and O–H groups in total. The number of hydrogen-bond donors (Lipinski definition) is 1. The van der Waals surface area contributed by atoms with Gasteiger partial charge in [-0.1, -0.05) is 13.0 Å². The van der Waals surface area contributed by atoms with E-state index in [-0.39, 0.29) is 0 Å². The highest BCUT2D eigenvalue weighted by atomic mass is 16.5. The van der Waals surface area contributed by atoms with E-state index in [2.05, 4.69) is 15.4 Å². The van der Waals surface area contributed by atoms with Crippen LogP contribution in [0.1, 0.15) is 37.7 Å². The lowest BCUT2D eigenvalue weighted by molar-refractivity contribution is -0.136. The van der Waals surface area contributed by atoms with Crippen LogP contribution >= 0.6 is 0 Å². The Morgan fingerprint density at radius 2 is 2.11 bits per heavy atom. The molecular weight excluding hydrogens is 348 g/mol. The van der Waals surface area contributed by atoms with Crippen LogP contribution in [0, 0.1) is 0 Å². The molecule has 27 heavy (non-hydrogen) atoms. The summed E-state index contributed by atoms with van der Waals surface area (Å²) < 4.78 is 18.3. The summed E-state index contributed by atoms with van der Waals surface area (Å²) in [6.07, 6.45) is 1.53. The molecule has 0 fully saturated rings. The van der Waals surface area contributed by atoms with Gasteiger partial charge in [0.05, 0.1) is 25.9 Å². The number of esters is 1. The highest BCUT2D eigenvalue weighted by Gasteiger charge is 2.35. The van der Waals surface area contributed by atoms with Gasteiger partial charge in [-0.05, 0) is 24.6 Å². The molecule has 1 aromatic carbocycles. The van der Waals surface area contributed by atoms with Crippen LogP contribution in [0.2, 0.25) is 0 Å². The van der Waals surface area contributed by atoms with Gasteiger partial charge in [0.2, 0.25) is 5.95 Å². The Balaban J connectivity index is 1.86. The average Bonchev–Trinajstić information content (AvgIpc) is 2.94. The van der Waals surface area contributed by atoms with Crippen LogP contribution in [0.25, 0.3) is 0 Å². The van der Waals surface area contributed by atoms with Gasteiger partial charge in [-0.3, -0.25) is 0 Å². The third-order valence-corrected chi connectivity index (χ3v) is 4.71. The summed E-state index contributed by atoms with van der Waals surface area (Å²) in [7, 11) is 1.38. The summed E-state index contributed by atoms with van der Waals surface area (Å²) in [4.78, 5) is 17.1. The van der Waals surface area contributed by atoms with Gasteiger partial charge in [-0.15, -0.1) is 0 Å². The number of nitrogens with zero attached hydrogens (tertiary/aromatic N) is 3. The zero-order chi connectivity index (χ0) is 19.0. The highest BCUT2D eigenvalue weighted by molar-refractivity contribution is 5.92. The Morgan fingerprint density at radius 1 is 1.33 bits per heavy atom. The number of ether oxygens (including phenoxy) is 3. The molecule has 0 spiro atoms. The SMILES string of the molecule is CCc1nc2n(n1)C(c1ccc3c(c1)OCCCO3)C(C(=O)OC)=C(C)N2. The molecule has 1 unspecified atom stereocenters. The minimum absolute atomic E-state index is 0.406. The second-order valence-corrected chi connectivity index (χ2v) is 6.46. The second kappa shape index (κ2) is 6.94. The van der Waals surface area contributed by atoms with E-state index in [0.717, 1.165) is 12.0 Å². The number of carbonyl (C=O) groups excluding carboxylic acids is 1. The maximum atomic E-state index is 12.6. The molecule has 2 aliphatic rings. The number of hydrogen-bond acceptors (Lipinski definition) is 7. The van der Waals surface area contributed by atoms with Crippen molar-refractivity contribution in [1.29, 1.82) is 0 Å².